The van der Waals surface area contributed by atoms with Crippen LogP contribution in [-0.2, 0) is 12.7 Å². The summed E-state index contributed by atoms with van der Waals surface area (Å²) in [7, 11) is 1.55. The number of pyridine rings is 2. The van der Waals surface area contributed by atoms with Crippen molar-refractivity contribution in [2.45, 2.75) is 19.6 Å². The number of H-pyrrole nitrogens is 1. The maximum atomic E-state index is 14.2. The van der Waals surface area contributed by atoms with E-state index in [1.165, 1.54) is 4.68 Å². The number of rotatable bonds is 4. The number of methoxy groups -OCH3 is 1. The molecule has 0 fully saturated rings. The zero-order valence-electron chi connectivity index (χ0n) is 19.8. The van der Waals surface area contributed by atoms with E-state index in [1.807, 2.05) is 6.07 Å². The topological polar surface area (TPSA) is 93.5 Å². The number of nitrogens with one attached hydrogen (secondary N) is 2. The lowest BCUT2D eigenvalue weighted by Crippen LogP contribution is -2.09. The largest absolute Gasteiger partial charge is 0.497 e. The minimum absolute atomic E-state index is 0.0716. The summed E-state index contributed by atoms with van der Waals surface area (Å²) in [6.45, 7) is 1.77. The Kier molecular flexibility index (Phi) is 5.21. The van der Waals surface area contributed by atoms with Crippen LogP contribution >= 0.6 is 0 Å². The molecule has 6 rings (SSSR count). The average molecular weight is 503 g/mol. The number of hydrogen-bond acceptors (Lipinski definition) is 6. The van der Waals surface area contributed by atoms with Crippen LogP contribution in [0.2, 0.25) is 0 Å². The van der Waals surface area contributed by atoms with Crippen LogP contribution in [0.4, 0.5) is 24.7 Å². The molecule has 4 aromatic heterocycles. The van der Waals surface area contributed by atoms with E-state index in [-0.39, 0.29) is 17.9 Å². The third kappa shape index (κ3) is 3.88. The second-order valence-corrected chi connectivity index (χ2v) is 8.57. The van der Waals surface area contributed by atoms with Crippen LogP contribution < -0.4 is 10.1 Å². The van der Waals surface area contributed by atoms with Gasteiger partial charge in [0.15, 0.2) is 5.69 Å². The van der Waals surface area contributed by atoms with Gasteiger partial charge in [0.1, 0.15) is 23.1 Å². The maximum Gasteiger partial charge on any atom is 0.435 e. The minimum Gasteiger partial charge on any atom is -0.497 e. The summed E-state index contributed by atoms with van der Waals surface area (Å²) in [4.78, 5) is 16.4. The minimum atomic E-state index is -4.68. The number of alkyl halides is 3. The Morgan fingerprint density at radius 2 is 1.84 bits per heavy atom. The van der Waals surface area contributed by atoms with E-state index in [0.29, 0.717) is 45.5 Å². The molecule has 37 heavy (non-hydrogen) atoms. The molecule has 5 heterocycles. The fourth-order valence-electron chi connectivity index (χ4n) is 4.49. The van der Waals surface area contributed by atoms with Crippen LogP contribution in [0.3, 0.4) is 0 Å². The summed E-state index contributed by atoms with van der Waals surface area (Å²) in [6.07, 6.45) is 0.213. The Balaban J connectivity index is 1.52. The molecular formula is C26H20F3N7O. The van der Waals surface area contributed by atoms with Gasteiger partial charge in [-0.05, 0) is 42.8 Å². The first-order chi connectivity index (χ1) is 17.8. The van der Waals surface area contributed by atoms with Crippen molar-refractivity contribution in [1.29, 1.82) is 0 Å². The van der Waals surface area contributed by atoms with Gasteiger partial charge in [0.25, 0.3) is 0 Å². The molecule has 0 bridgehead atoms. The van der Waals surface area contributed by atoms with Gasteiger partial charge in [0.2, 0.25) is 0 Å². The molecule has 5 aromatic rings. The molecule has 0 unspecified atom stereocenters. The van der Waals surface area contributed by atoms with E-state index in [0.717, 1.165) is 5.56 Å². The van der Waals surface area contributed by atoms with Crippen LogP contribution in [0.15, 0.2) is 61.1 Å². The summed E-state index contributed by atoms with van der Waals surface area (Å²) in [5, 5.41) is 7.24. The number of nitrogens with zero attached hydrogens (tertiary/aromatic N) is 5. The van der Waals surface area contributed by atoms with Crippen LogP contribution in [0.25, 0.3) is 33.9 Å². The number of benzene rings is 1. The normalized spacial score (nSPS) is 12.2. The summed E-state index contributed by atoms with van der Waals surface area (Å²) in [5.74, 6) is 1.29. The van der Waals surface area contributed by atoms with Crippen molar-refractivity contribution in [3.05, 3.63) is 78.0 Å². The molecule has 0 atom stereocenters. The zero-order valence-corrected chi connectivity index (χ0v) is 19.8. The molecule has 8 nitrogen and oxygen atoms in total. The van der Waals surface area contributed by atoms with E-state index in [4.69, 9.17) is 4.74 Å². The molecule has 1 aromatic carbocycles. The second-order valence-electron chi connectivity index (χ2n) is 8.57. The highest BCUT2D eigenvalue weighted by atomic mass is 19.4. The maximum absolute atomic E-state index is 14.2. The molecule has 0 radical (unpaired) electrons. The first kappa shape index (κ1) is 22.8. The van der Waals surface area contributed by atoms with Crippen molar-refractivity contribution >= 4 is 11.5 Å². The highest BCUT2D eigenvalue weighted by molar-refractivity contribution is 5.95. The van der Waals surface area contributed by atoms with Crippen molar-refractivity contribution in [2.75, 3.05) is 12.4 Å². The van der Waals surface area contributed by atoms with Crippen molar-refractivity contribution < 1.29 is 17.9 Å². The Labute approximate surface area is 209 Å². The Hall–Kier alpha value is -4.67. The smallest absolute Gasteiger partial charge is 0.435 e. The number of fused-ring (bicyclic) bond motifs is 5. The number of halogens is 3. The van der Waals surface area contributed by atoms with Gasteiger partial charge in [-0.15, -0.1) is 0 Å². The van der Waals surface area contributed by atoms with E-state index >= 15 is 0 Å². The van der Waals surface area contributed by atoms with Crippen LogP contribution in [-0.4, -0.2) is 36.8 Å². The zero-order chi connectivity index (χ0) is 25.7. The number of anilines is 2. The summed E-state index contributed by atoms with van der Waals surface area (Å²) in [6, 6.07) is 12.5. The summed E-state index contributed by atoms with van der Waals surface area (Å²) in [5.41, 5.74) is 3.08. The summed E-state index contributed by atoms with van der Waals surface area (Å²) >= 11 is 0. The molecule has 186 valence electrons. The van der Waals surface area contributed by atoms with Gasteiger partial charge in [-0.2, -0.15) is 18.3 Å². The second kappa shape index (κ2) is 8.47. The van der Waals surface area contributed by atoms with Gasteiger partial charge >= 0.3 is 6.18 Å². The Morgan fingerprint density at radius 3 is 2.59 bits per heavy atom. The van der Waals surface area contributed by atoms with Gasteiger partial charge in [-0.25, -0.2) is 9.97 Å². The van der Waals surface area contributed by atoms with E-state index in [9.17, 15) is 13.2 Å². The standard InChI is InChI=1S/C26H20F3N7O/c1-14-20(23(26(27,28)29)35-36(14)13-15-5-7-16(37-2)8-6-15)25-33-21-17-4-3-10-31-24(17)32-19-9-11-30-12-18(19)22(21)34-25/h3-12H,13H2,1-2H3,(H,31,32)(H,33,34). The SMILES string of the molecule is COc1ccc(Cn2nc(C(F)(F)F)c(-c3nc4c([nH]3)-c3cccnc3Nc3ccncc3-4)c2C)cc1. The van der Waals surface area contributed by atoms with Crippen molar-refractivity contribution in [1.82, 2.24) is 29.7 Å². The van der Waals surface area contributed by atoms with E-state index in [2.05, 4.69) is 30.4 Å². The number of ether oxygens (including phenoxy) is 1. The van der Waals surface area contributed by atoms with Gasteiger partial charge in [-0.3, -0.25) is 9.67 Å². The number of aromatic amines is 1. The van der Waals surface area contributed by atoms with Crippen molar-refractivity contribution in [3.63, 3.8) is 0 Å². The van der Waals surface area contributed by atoms with Crippen molar-refractivity contribution in [2.24, 2.45) is 0 Å². The van der Waals surface area contributed by atoms with Crippen LogP contribution in [0.5, 0.6) is 5.75 Å². The fraction of sp³-hybridized carbons (Fsp3) is 0.154. The molecule has 0 saturated heterocycles. The molecule has 11 heteroatoms. The molecule has 1 aliphatic rings. The van der Waals surface area contributed by atoms with Gasteiger partial charge in [-0.1, -0.05) is 12.1 Å². The average Bonchev–Trinajstić information content (AvgIpc) is 3.43. The quantitative estimate of drug-likeness (QED) is 0.314. The highest BCUT2D eigenvalue weighted by Crippen LogP contribution is 2.44. The van der Waals surface area contributed by atoms with Gasteiger partial charge in [0, 0.05) is 35.4 Å². The molecule has 1 aliphatic heterocycles. The van der Waals surface area contributed by atoms with E-state index < -0.39 is 11.9 Å². The molecule has 0 aliphatic carbocycles. The van der Waals surface area contributed by atoms with E-state index in [1.54, 1.807) is 69.0 Å². The Morgan fingerprint density at radius 1 is 1.03 bits per heavy atom. The number of hydrogen-bond donors (Lipinski definition) is 2. The third-order valence-corrected chi connectivity index (χ3v) is 6.31. The molecule has 2 N–H and O–H groups in total. The predicted molar refractivity (Wildman–Crippen MR) is 131 cm³/mol. The predicted octanol–water partition coefficient (Wildman–Crippen LogP) is 5.84. The lowest BCUT2D eigenvalue weighted by Gasteiger charge is -2.08. The lowest BCUT2D eigenvalue weighted by molar-refractivity contribution is -0.141. The fourth-order valence-corrected chi connectivity index (χ4v) is 4.49. The monoisotopic (exact) mass is 503 g/mol. The molecule has 0 saturated carbocycles. The van der Waals surface area contributed by atoms with Gasteiger partial charge in [0.05, 0.1) is 30.6 Å². The number of aromatic nitrogens is 6. The first-order valence-electron chi connectivity index (χ1n) is 11.4. The first-order valence-corrected chi connectivity index (χ1v) is 11.4. The molecule has 0 spiro atoms. The van der Waals surface area contributed by atoms with Gasteiger partial charge < -0.3 is 15.0 Å². The summed E-state index contributed by atoms with van der Waals surface area (Å²) < 4.78 is 49.2. The van der Waals surface area contributed by atoms with Crippen LogP contribution in [0, 0.1) is 6.92 Å². The highest BCUT2D eigenvalue weighted by Gasteiger charge is 2.40. The molecule has 0 amide bonds. The van der Waals surface area contributed by atoms with Crippen molar-refractivity contribution in [3.8, 4) is 39.7 Å². The number of imidazole rings is 1. The van der Waals surface area contributed by atoms with Crippen LogP contribution in [0.1, 0.15) is 17.0 Å². The molecular weight excluding hydrogens is 483 g/mol. The third-order valence-electron chi connectivity index (χ3n) is 6.31. The Bertz CT molecular complexity index is 1560. The lowest BCUT2D eigenvalue weighted by atomic mass is 10.1.